The molecule has 16 heavy (non-hydrogen) atoms. The van der Waals surface area contributed by atoms with Crippen LogP contribution < -0.4 is 5.43 Å². The average molecular weight is 236 g/mol. The van der Waals surface area contributed by atoms with Crippen molar-refractivity contribution in [2.45, 2.75) is 6.42 Å². The van der Waals surface area contributed by atoms with Crippen LogP contribution in [0.4, 0.5) is 0 Å². The van der Waals surface area contributed by atoms with E-state index in [0.29, 0.717) is 5.76 Å². The van der Waals surface area contributed by atoms with Crippen molar-refractivity contribution >= 4 is 23.9 Å². The van der Waals surface area contributed by atoms with Gasteiger partial charge in [-0.25, -0.2) is 5.43 Å². The van der Waals surface area contributed by atoms with Gasteiger partial charge in [0, 0.05) is 0 Å². The van der Waals surface area contributed by atoms with Crippen molar-refractivity contribution < 1.29 is 9.21 Å². The Kier molecular flexibility index (Phi) is 5.15. The molecule has 1 rings (SSSR count). The summed E-state index contributed by atoms with van der Waals surface area (Å²) in [5.41, 5.74) is 2.37. The van der Waals surface area contributed by atoms with Gasteiger partial charge in [0.05, 0.1) is 18.9 Å². The number of nitrogens with one attached hydrogen (secondary N) is 1. The van der Waals surface area contributed by atoms with E-state index < -0.39 is 0 Å². The summed E-state index contributed by atoms with van der Waals surface area (Å²) in [4.78, 5) is 12.0. The van der Waals surface area contributed by atoms with Gasteiger partial charge in [0.25, 0.3) is 0 Å². The van der Waals surface area contributed by atoms with Crippen molar-refractivity contribution in [3.8, 4) is 0 Å². The maximum atomic E-state index is 11.3. The lowest BCUT2D eigenvalue weighted by Gasteiger charge is -1.99. The molecule has 1 heterocycles. The highest BCUT2D eigenvalue weighted by Gasteiger charge is 2.01. The first kappa shape index (κ1) is 12.3. The maximum absolute atomic E-state index is 11.3. The Hall–Kier alpha value is -1.75. The maximum Gasteiger partial charge on any atom is 0.245 e. The number of hydrogen-bond acceptors (Lipinski definition) is 4. The van der Waals surface area contributed by atoms with Gasteiger partial charge in [0.2, 0.25) is 5.91 Å². The van der Waals surface area contributed by atoms with E-state index in [1.54, 1.807) is 17.5 Å². The Bertz CT molecular complexity index is 396. The van der Waals surface area contributed by atoms with E-state index in [-0.39, 0.29) is 12.3 Å². The first-order valence-corrected chi connectivity index (χ1v) is 5.41. The van der Waals surface area contributed by atoms with Crippen LogP contribution in [0.25, 0.3) is 0 Å². The fourth-order valence-electron chi connectivity index (χ4n) is 0.911. The number of hydrogen-bond donors (Lipinski definition) is 1. The summed E-state index contributed by atoms with van der Waals surface area (Å²) >= 11 is 1.33. The van der Waals surface area contributed by atoms with Crippen LogP contribution in [0.5, 0.6) is 0 Å². The molecule has 1 aromatic heterocycles. The Morgan fingerprint density at radius 2 is 2.50 bits per heavy atom. The fraction of sp³-hybridized carbons (Fsp3) is 0.0909. The third-order valence-electron chi connectivity index (χ3n) is 1.53. The standard InChI is InChI=1S/C11H12N2O2S/c1-3-16-9(2)7-11(14)13-12-8-10-5-4-6-15-10/h3-6,8H,1-2,7H2,(H,13,14)/b12-8-. The number of rotatable bonds is 6. The van der Waals surface area contributed by atoms with Crippen LogP contribution in [0.15, 0.2) is 51.4 Å². The van der Waals surface area contributed by atoms with Gasteiger partial charge in [0.15, 0.2) is 0 Å². The van der Waals surface area contributed by atoms with Gasteiger partial charge in [-0.15, -0.1) is 11.8 Å². The first-order chi connectivity index (χ1) is 7.72. The van der Waals surface area contributed by atoms with Crippen LogP contribution >= 0.6 is 11.8 Å². The molecule has 0 aliphatic carbocycles. The van der Waals surface area contributed by atoms with E-state index in [1.165, 1.54) is 24.2 Å². The van der Waals surface area contributed by atoms with Gasteiger partial charge in [0.1, 0.15) is 5.76 Å². The monoisotopic (exact) mass is 236 g/mol. The van der Waals surface area contributed by atoms with Crippen molar-refractivity contribution in [1.29, 1.82) is 0 Å². The second-order valence-electron chi connectivity index (χ2n) is 2.81. The molecule has 0 unspecified atom stereocenters. The summed E-state index contributed by atoms with van der Waals surface area (Å²) in [5, 5.41) is 5.36. The Balaban J connectivity index is 2.30. The molecule has 1 amide bonds. The predicted octanol–water partition coefficient (Wildman–Crippen LogP) is 2.51. The van der Waals surface area contributed by atoms with Gasteiger partial charge in [-0.05, 0) is 22.4 Å². The van der Waals surface area contributed by atoms with E-state index in [9.17, 15) is 4.79 Å². The Morgan fingerprint density at radius 1 is 1.69 bits per heavy atom. The minimum absolute atomic E-state index is 0.214. The molecule has 84 valence electrons. The van der Waals surface area contributed by atoms with E-state index in [0.717, 1.165) is 4.91 Å². The molecule has 0 atom stereocenters. The highest BCUT2D eigenvalue weighted by molar-refractivity contribution is 8.05. The quantitative estimate of drug-likeness (QED) is 0.610. The third-order valence-corrected chi connectivity index (χ3v) is 2.18. The van der Waals surface area contributed by atoms with Gasteiger partial charge in [-0.1, -0.05) is 13.2 Å². The summed E-state index contributed by atoms with van der Waals surface area (Å²) in [7, 11) is 0. The molecule has 0 aromatic carbocycles. The molecular weight excluding hydrogens is 224 g/mol. The molecule has 0 radical (unpaired) electrons. The van der Waals surface area contributed by atoms with E-state index in [2.05, 4.69) is 23.7 Å². The third kappa shape index (κ3) is 4.65. The molecule has 1 aromatic rings. The highest BCUT2D eigenvalue weighted by atomic mass is 32.2. The van der Waals surface area contributed by atoms with Crippen LogP contribution in [0.1, 0.15) is 12.2 Å². The number of nitrogens with zero attached hydrogens (tertiary/aromatic N) is 1. The van der Waals surface area contributed by atoms with Crippen molar-refractivity contribution in [2.75, 3.05) is 0 Å². The molecule has 0 bridgehead atoms. The van der Waals surface area contributed by atoms with Crippen LogP contribution in [0, 0.1) is 0 Å². The topological polar surface area (TPSA) is 54.6 Å². The normalized spacial score (nSPS) is 10.2. The number of amides is 1. The molecule has 0 saturated heterocycles. The van der Waals surface area contributed by atoms with Gasteiger partial charge >= 0.3 is 0 Å². The number of furan rings is 1. The van der Waals surface area contributed by atoms with E-state index >= 15 is 0 Å². The molecule has 0 aliphatic rings. The van der Waals surface area contributed by atoms with Crippen molar-refractivity contribution in [3.05, 3.63) is 47.6 Å². The van der Waals surface area contributed by atoms with Crippen molar-refractivity contribution in [2.24, 2.45) is 5.10 Å². The lowest BCUT2D eigenvalue weighted by Crippen LogP contribution is -2.17. The molecule has 0 aliphatic heterocycles. The molecule has 0 spiro atoms. The predicted molar refractivity (Wildman–Crippen MR) is 66.0 cm³/mol. The average Bonchev–Trinajstić information content (AvgIpc) is 2.70. The van der Waals surface area contributed by atoms with Crippen LogP contribution in [-0.4, -0.2) is 12.1 Å². The van der Waals surface area contributed by atoms with Crippen LogP contribution in [0.3, 0.4) is 0 Å². The molecule has 4 nitrogen and oxygen atoms in total. The van der Waals surface area contributed by atoms with Gasteiger partial charge < -0.3 is 4.42 Å². The molecule has 0 fully saturated rings. The van der Waals surface area contributed by atoms with E-state index in [1.807, 2.05) is 0 Å². The van der Waals surface area contributed by atoms with Crippen molar-refractivity contribution in [3.63, 3.8) is 0 Å². The lowest BCUT2D eigenvalue weighted by atomic mass is 10.4. The van der Waals surface area contributed by atoms with Crippen LogP contribution in [-0.2, 0) is 4.79 Å². The second-order valence-corrected chi connectivity index (χ2v) is 3.95. The smallest absolute Gasteiger partial charge is 0.245 e. The summed E-state index contributed by atoms with van der Waals surface area (Å²) < 4.78 is 5.00. The number of hydrazone groups is 1. The number of thioether (sulfide) groups is 1. The Labute approximate surface area is 98.1 Å². The molecule has 5 heteroatoms. The minimum atomic E-state index is -0.220. The largest absolute Gasteiger partial charge is 0.463 e. The van der Waals surface area contributed by atoms with Crippen molar-refractivity contribution in [1.82, 2.24) is 5.43 Å². The summed E-state index contributed by atoms with van der Waals surface area (Å²) in [6.45, 7) is 7.24. The Morgan fingerprint density at radius 3 is 3.12 bits per heavy atom. The zero-order chi connectivity index (χ0) is 11.8. The summed E-state index contributed by atoms with van der Waals surface area (Å²) in [6.07, 6.45) is 3.18. The number of carbonyl (C=O) groups excluding carboxylic acids is 1. The molecule has 0 saturated carbocycles. The lowest BCUT2D eigenvalue weighted by molar-refractivity contribution is -0.120. The first-order valence-electron chi connectivity index (χ1n) is 4.53. The molecule has 1 N–H and O–H groups in total. The SMILES string of the molecule is C=CSC(=C)CC(=O)N/N=C\c1ccco1. The fourth-order valence-corrected chi connectivity index (χ4v) is 1.36. The van der Waals surface area contributed by atoms with Crippen LogP contribution in [0.2, 0.25) is 0 Å². The minimum Gasteiger partial charge on any atom is -0.463 e. The summed E-state index contributed by atoms with van der Waals surface area (Å²) in [5.74, 6) is 0.363. The molecular formula is C11H12N2O2S. The van der Waals surface area contributed by atoms with Gasteiger partial charge in [-0.2, -0.15) is 5.10 Å². The van der Waals surface area contributed by atoms with E-state index in [4.69, 9.17) is 4.42 Å². The van der Waals surface area contributed by atoms with Gasteiger partial charge in [-0.3, -0.25) is 4.79 Å². The highest BCUT2D eigenvalue weighted by Crippen LogP contribution is 2.16. The summed E-state index contributed by atoms with van der Waals surface area (Å²) in [6, 6.07) is 3.48. The zero-order valence-electron chi connectivity index (χ0n) is 8.68. The zero-order valence-corrected chi connectivity index (χ0v) is 9.50. The second kappa shape index (κ2) is 6.68. The number of carbonyl (C=O) groups is 1.